The molecule has 0 saturated heterocycles. The zero-order valence-corrected chi connectivity index (χ0v) is 22.1. The first-order valence-electron chi connectivity index (χ1n) is 12.8. The van der Waals surface area contributed by atoms with Crippen LogP contribution in [0.2, 0.25) is 0 Å². The van der Waals surface area contributed by atoms with E-state index in [1.54, 1.807) is 7.11 Å². The molecule has 3 heterocycles. The van der Waals surface area contributed by atoms with Crippen molar-refractivity contribution in [2.24, 2.45) is 0 Å². The molecule has 2 aliphatic rings. The van der Waals surface area contributed by atoms with Crippen LogP contribution in [0.4, 0.5) is 18.9 Å². The van der Waals surface area contributed by atoms with Crippen molar-refractivity contribution in [3.05, 3.63) is 65.4 Å². The molecule has 1 unspecified atom stereocenters. The minimum absolute atomic E-state index is 0.175. The van der Waals surface area contributed by atoms with E-state index in [-0.39, 0.29) is 6.04 Å². The topological polar surface area (TPSA) is 92.5 Å². The van der Waals surface area contributed by atoms with Crippen LogP contribution in [0.15, 0.2) is 48.5 Å². The largest absolute Gasteiger partial charge is 0.497 e. The molecular formula is C28H32F3N5O3. The van der Waals surface area contributed by atoms with E-state index in [1.807, 2.05) is 12.1 Å². The van der Waals surface area contributed by atoms with Crippen molar-refractivity contribution in [2.75, 3.05) is 32.1 Å². The summed E-state index contributed by atoms with van der Waals surface area (Å²) < 4.78 is 39.2. The molecule has 5 rings (SSSR count). The highest BCUT2D eigenvalue weighted by Gasteiger charge is 2.38. The van der Waals surface area contributed by atoms with E-state index in [0.717, 1.165) is 61.8 Å². The molecule has 0 spiro atoms. The van der Waals surface area contributed by atoms with Gasteiger partial charge < -0.3 is 15.2 Å². The van der Waals surface area contributed by atoms with Crippen LogP contribution in [0.5, 0.6) is 5.75 Å². The summed E-state index contributed by atoms with van der Waals surface area (Å²) in [5.41, 5.74) is 8.50. The first-order valence-corrected chi connectivity index (χ1v) is 12.8. The van der Waals surface area contributed by atoms with Crippen LogP contribution < -0.4 is 10.1 Å². The van der Waals surface area contributed by atoms with Crippen molar-refractivity contribution in [3.63, 3.8) is 0 Å². The van der Waals surface area contributed by atoms with Gasteiger partial charge in [0.05, 0.1) is 24.5 Å². The number of nitrogens with zero attached hydrogens (tertiary/aromatic N) is 4. The molecule has 0 radical (unpaired) electrons. The number of methoxy groups -OCH3 is 1. The van der Waals surface area contributed by atoms with Crippen LogP contribution in [0, 0.1) is 6.92 Å². The first-order chi connectivity index (χ1) is 18.6. The van der Waals surface area contributed by atoms with Gasteiger partial charge in [0.15, 0.2) is 0 Å². The number of likely N-dealkylation sites (N-methyl/N-ethyl adjacent to an activating group) is 1. The fourth-order valence-electron chi connectivity index (χ4n) is 4.89. The molecule has 0 saturated carbocycles. The minimum Gasteiger partial charge on any atom is -0.497 e. The van der Waals surface area contributed by atoms with E-state index in [1.165, 1.54) is 22.3 Å². The predicted molar refractivity (Wildman–Crippen MR) is 143 cm³/mol. The van der Waals surface area contributed by atoms with Crippen LogP contribution in [-0.2, 0) is 11.3 Å². The van der Waals surface area contributed by atoms with Gasteiger partial charge in [0.25, 0.3) is 0 Å². The van der Waals surface area contributed by atoms with E-state index in [2.05, 4.69) is 75.5 Å². The number of halogens is 3. The lowest BCUT2D eigenvalue weighted by atomic mass is 9.90. The molecular weight excluding hydrogens is 511 g/mol. The third-order valence-corrected chi connectivity index (χ3v) is 6.98. The highest BCUT2D eigenvalue weighted by molar-refractivity contribution is 5.75. The van der Waals surface area contributed by atoms with Crippen LogP contribution in [0.1, 0.15) is 42.6 Å². The maximum Gasteiger partial charge on any atom is 0.490 e. The Kier molecular flexibility index (Phi) is 8.59. The van der Waals surface area contributed by atoms with Gasteiger partial charge in [-0.25, -0.2) is 9.48 Å². The molecule has 39 heavy (non-hydrogen) atoms. The number of carbonyl (C=O) groups is 1. The quantitative estimate of drug-likeness (QED) is 0.435. The predicted octanol–water partition coefficient (Wildman–Crippen LogP) is 5.56. The van der Waals surface area contributed by atoms with Gasteiger partial charge in [-0.2, -0.15) is 13.2 Å². The molecule has 11 heteroatoms. The zero-order chi connectivity index (χ0) is 28.2. The van der Waals surface area contributed by atoms with Crippen LogP contribution in [-0.4, -0.2) is 63.9 Å². The van der Waals surface area contributed by atoms with Crippen molar-refractivity contribution in [3.8, 4) is 17.0 Å². The van der Waals surface area contributed by atoms with Gasteiger partial charge in [0, 0.05) is 37.0 Å². The average molecular weight is 544 g/mol. The van der Waals surface area contributed by atoms with Gasteiger partial charge in [-0.3, -0.25) is 4.90 Å². The normalized spacial score (nSPS) is 17.1. The molecule has 0 bridgehead atoms. The Balaban J connectivity index is 0.000000448. The third kappa shape index (κ3) is 6.59. The van der Waals surface area contributed by atoms with Gasteiger partial charge in [0.2, 0.25) is 0 Å². The lowest BCUT2D eigenvalue weighted by Crippen LogP contribution is -2.28. The highest BCUT2D eigenvalue weighted by atomic mass is 19.4. The summed E-state index contributed by atoms with van der Waals surface area (Å²) >= 11 is 0. The Bertz CT molecular complexity index is 1350. The molecule has 2 aromatic carbocycles. The Labute approximate surface area is 225 Å². The number of benzene rings is 2. The van der Waals surface area contributed by atoms with E-state index < -0.39 is 12.1 Å². The van der Waals surface area contributed by atoms with Crippen LogP contribution >= 0.6 is 0 Å². The lowest BCUT2D eigenvalue weighted by molar-refractivity contribution is -0.192. The number of anilines is 1. The summed E-state index contributed by atoms with van der Waals surface area (Å²) in [7, 11) is 1.71. The summed E-state index contributed by atoms with van der Waals surface area (Å²) in [5, 5.41) is 19.7. The van der Waals surface area contributed by atoms with Crippen molar-refractivity contribution in [1.82, 2.24) is 19.9 Å². The molecule has 208 valence electrons. The van der Waals surface area contributed by atoms with E-state index in [9.17, 15) is 13.2 Å². The number of carboxylic acids is 1. The number of hydrogen-bond donors (Lipinski definition) is 2. The number of aromatic nitrogens is 3. The fraction of sp³-hybridized carbons (Fsp3) is 0.393. The van der Waals surface area contributed by atoms with Gasteiger partial charge in [-0.1, -0.05) is 36.4 Å². The molecule has 2 aliphatic heterocycles. The summed E-state index contributed by atoms with van der Waals surface area (Å²) in [6.45, 7) is 8.38. The second kappa shape index (κ2) is 11.9. The Morgan fingerprint density at radius 1 is 1.21 bits per heavy atom. The molecule has 3 aromatic rings. The van der Waals surface area contributed by atoms with E-state index >= 15 is 0 Å². The number of ether oxygens (including phenoxy) is 1. The first kappa shape index (κ1) is 28.2. The molecule has 1 aromatic heterocycles. The Morgan fingerprint density at radius 2 is 1.97 bits per heavy atom. The summed E-state index contributed by atoms with van der Waals surface area (Å²) in [6, 6.07) is 15.3. The summed E-state index contributed by atoms with van der Waals surface area (Å²) in [6.07, 6.45) is -0.655. The van der Waals surface area contributed by atoms with E-state index in [0.29, 0.717) is 0 Å². The number of aryl methyl sites for hydroxylation is 2. The lowest BCUT2D eigenvalue weighted by Gasteiger charge is -2.26. The molecule has 0 aliphatic carbocycles. The van der Waals surface area contributed by atoms with Crippen molar-refractivity contribution >= 4 is 17.2 Å². The summed E-state index contributed by atoms with van der Waals surface area (Å²) in [4.78, 5) is 11.4. The van der Waals surface area contributed by atoms with Gasteiger partial charge >= 0.3 is 12.1 Å². The zero-order valence-electron chi connectivity index (χ0n) is 22.1. The van der Waals surface area contributed by atoms with Crippen molar-refractivity contribution in [2.45, 2.75) is 45.5 Å². The molecule has 1 atom stereocenters. The number of hydrogen-bond acceptors (Lipinski definition) is 6. The average Bonchev–Trinajstić information content (AvgIpc) is 3.22. The van der Waals surface area contributed by atoms with Gasteiger partial charge in [0.1, 0.15) is 5.75 Å². The molecule has 0 amide bonds. The van der Waals surface area contributed by atoms with Gasteiger partial charge in [-0.05, 0) is 61.2 Å². The third-order valence-electron chi connectivity index (χ3n) is 6.98. The molecule has 8 nitrogen and oxygen atoms in total. The Hall–Kier alpha value is -3.86. The highest BCUT2D eigenvalue weighted by Crippen LogP contribution is 2.39. The second-order valence-electron chi connectivity index (χ2n) is 9.44. The van der Waals surface area contributed by atoms with E-state index in [4.69, 9.17) is 14.6 Å². The monoisotopic (exact) mass is 543 g/mol. The SMILES string of the molecule is CCN1CC=C(c2ccc3c(c2)C(Nc2cccc(OC)c2)CCn2nnc(C)c2-3)CC1.O=C(O)C(F)(F)F. The minimum atomic E-state index is -5.08. The smallest absolute Gasteiger partial charge is 0.490 e. The maximum atomic E-state index is 10.6. The molecule has 0 fully saturated rings. The number of carboxylic acid groups (broad SMARTS) is 1. The Morgan fingerprint density at radius 3 is 2.62 bits per heavy atom. The standard InChI is InChI=1S/C26H31N5O.C2HF3O2/c1-4-30-13-10-19(11-14-30)20-8-9-23-24(16-20)25(12-15-31-26(23)18(2)28-29-31)27-21-6-5-7-22(17-21)32-3;3-2(4,5)1(6)7/h5-10,16-17,25,27H,4,11-15H2,1-3H3;(H,6,7). The number of rotatable bonds is 5. The maximum absolute atomic E-state index is 10.6. The number of fused-ring (bicyclic) bond motifs is 3. The van der Waals surface area contributed by atoms with Crippen molar-refractivity contribution < 1.29 is 27.8 Å². The summed E-state index contributed by atoms with van der Waals surface area (Å²) in [5.74, 6) is -1.90. The number of nitrogens with one attached hydrogen (secondary N) is 1. The van der Waals surface area contributed by atoms with Crippen LogP contribution in [0.3, 0.4) is 0 Å². The number of alkyl halides is 3. The van der Waals surface area contributed by atoms with Crippen LogP contribution in [0.25, 0.3) is 16.8 Å². The fourth-order valence-corrected chi connectivity index (χ4v) is 4.89. The van der Waals surface area contributed by atoms with Crippen molar-refractivity contribution in [1.29, 1.82) is 0 Å². The molecule has 2 N–H and O–H groups in total. The number of aliphatic carboxylic acids is 1. The van der Waals surface area contributed by atoms with Gasteiger partial charge in [-0.15, -0.1) is 5.10 Å². The second-order valence-corrected chi connectivity index (χ2v) is 9.44.